The summed E-state index contributed by atoms with van der Waals surface area (Å²) in [7, 11) is 0. The maximum atomic E-state index is 12.8. The van der Waals surface area contributed by atoms with Gasteiger partial charge in [0, 0.05) is 19.6 Å². The van der Waals surface area contributed by atoms with E-state index in [1.165, 1.54) is 5.56 Å². The quantitative estimate of drug-likeness (QED) is 0.783. The molecule has 1 aromatic rings. The summed E-state index contributed by atoms with van der Waals surface area (Å²) in [5.74, 6) is 0.0204. The van der Waals surface area contributed by atoms with Gasteiger partial charge >= 0.3 is 6.09 Å². The molecule has 1 fully saturated rings. The van der Waals surface area contributed by atoms with E-state index >= 15 is 0 Å². The number of benzene rings is 1. The Balaban J connectivity index is 1.82. The van der Waals surface area contributed by atoms with Crippen LogP contribution >= 0.6 is 0 Å². The van der Waals surface area contributed by atoms with Crippen LogP contribution in [0.5, 0.6) is 0 Å². The number of alkyl carbamates (subject to hydrolysis) is 1. The highest BCUT2D eigenvalue weighted by Crippen LogP contribution is 2.20. The molecule has 1 aliphatic heterocycles. The average Bonchev–Trinajstić information content (AvgIpc) is 2.59. The monoisotopic (exact) mass is 389 g/mol. The van der Waals surface area contributed by atoms with Crippen molar-refractivity contribution in [1.29, 1.82) is 0 Å². The third-order valence-corrected chi connectivity index (χ3v) is 4.66. The molecule has 0 aromatic heterocycles. The molecule has 28 heavy (non-hydrogen) atoms. The molecule has 1 heterocycles. The summed E-state index contributed by atoms with van der Waals surface area (Å²) in [6.07, 6.45) is 1.44. The van der Waals surface area contributed by atoms with Crippen LogP contribution < -0.4 is 10.6 Å². The summed E-state index contributed by atoms with van der Waals surface area (Å²) in [5, 5.41) is 5.84. The van der Waals surface area contributed by atoms with Crippen molar-refractivity contribution in [3.05, 3.63) is 35.9 Å². The fraction of sp³-hybridized carbons (Fsp3) is 0.636. The number of amides is 2. The van der Waals surface area contributed by atoms with Crippen molar-refractivity contribution in [3.8, 4) is 0 Å². The summed E-state index contributed by atoms with van der Waals surface area (Å²) >= 11 is 0. The molecule has 1 atom stereocenters. The van der Waals surface area contributed by atoms with Crippen LogP contribution in [0.2, 0.25) is 0 Å². The normalized spacial score (nSPS) is 18.4. The highest BCUT2D eigenvalue weighted by Gasteiger charge is 2.30. The highest BCUT2D eigenvalue weighted by molar-refractivity contribution is 5.80. The number of ether oxygens (including phenoxy) is 1. The van der Waals surface area contributed by atoms with Gasteiger partial charge in [0.25, 0.3) is 0 Å². The summed E-state index contributed by atoms with van der Waals surface area (Å²) in [5.41, 5.74) is 0.183. The van der Waals surface area contributed by atoms with E-state index < -0.39 is 17.2 Å². The molecule has 1 aromatic carbocycles. The number of rotatable bonds is 6. The van der Waals surface area contributed by atoms with Crippen LogP contribution in [0.25, 0.3) is 0 Å². The second-order valence-electron chi connectivity index (χ2n) is 9.29. The van der Waals surface area contributed by atoms with Crippen molar-refractivity contribution in [2.75, 3.05) is 19.6 Å². The molecule has 1 unspecified atom stereocenters. The lowest BCUT2D eigenvalue weighted by Gasteiger charge is -2.35. The van der Waals surface area contributed by atoms with Crippen LogP contribution in [-0.4, -0.2) is 47.7 Å². The summed E-state index contributed by atoms with van der Waals surface area (Å²) in [4.78, 5) is 27.0. The van der Waals surface area contributed by atoms with Gasteiger partial charge in [0.05, 0.1) is 11.5 Å². The molecular formula is C22H35N3O3. The third-order valence-electron chi connectivity index (χ3n) is 4.66. The van der Waals surface area contributed by atoms with Crippen LogP contribution in [0.3, 0.4) is 0 Å². The van der Waals surface area contributed by atoms with Gasteiger partial charge in [0.2, 0.25) is 5.91 Å². The second-order valence-corrected chi connectivity index (χ2v) is 9.29. The molecule has 0 saturated carbocycles. The Bertz CT molecular complexity index is 653. The summed E-state index contributed by atoms with van der Waals surface area (Å²) in [6, 6.07) is 10.3. The van der Waals surface area contributed by atoms with Crippen molar-refractivity contribution in [1.82, 2.24) is 15.5 Å². The summed E-state index contributed by atoms with van der Waals surface area (Å²) in [6.45, 7) is 12.2. The second kappa shape index (κ2) is 9.41. The van der Waals surface area contributed by atoms with Gasteiger partial charge < -0.3 is 15.4 Å². The van der Waals surface area contributed by atoms with E-state index in [4.69, 9.17) is 4.74 Å². The number of likely N-dealkylation sites (tertiary alicyclic amines) is 1. The topological polar surface area (TPSA) is 70.7 Å². The molecule has 0 bridgehead atoms. The van der Waals surface area contributed by atoms with Crippen molar-refractivity contribution >= 4 is 12.0 Å². The fourth-order valence-corrected chi connectivity index (χ4v) is 3.34. The Labute approximate surface area is 169 Å². The lowest BCUT2D eigenvalue weighted by Crippen LogP contribution is -2.55. The van der Waals surface area contributed by atoms with Gasteiger partial charge in [-0.25, -0.2) is 4.79 Å². The Morgan fingerprint density at radius 2 is 1.82 bits per heavy atom. The van der Waals surface area contributed by atoms with E-state index in [2.05, 4.69) is 27.7 Å². The largest absolute Gasteiger partial charge is 0.444 e. The van der Waals surface area contributed by atoms with E-state index in [9.17, 15) is 9.59 Å². The van der Waals surface area contributed by atoms with E-state index in [0.717, 1.165) is 32.5 Å². The first-order valence-corrected chi connectivity index (χ1v) is 10.1. The minimum atomic E-state index is -0.546. The van der Waals surface area contributed by atoms with E-state index in [-0.39, 0.29) is 11.8 Å². The molecule has 0 radical (unpaired) electrons. The van der Waals surface area contributed by atoms with Gasteiger partial charge in [0.1, 0.15) is 5.60 Å². The first-order valence-electron chi connectivity index (χ1n) is 10.1. The highest BCUT2D eigenvalue weighted by atomic mass is 16.6. The van der Waals surface area contributed by atoms with E-state index in [0.29, 0.717) is 6.54 Å². The number of nitrogens with zero attached hydrogens (tertiary/aromatic N) is 1. The average molecular weight is 390 g/mol. The van der Waals surface area contributed by atoms with Gasteiger partial charge in [-0.1, -0.05) is 30.3 Å². The first-order chi connectivity index (χ1) is 13.0. The molecule has 0 aliphatic carbocycles. The maximum absolute atomic E-state index is 12.8. The molecule has 2 N–H and O–H groups in total. The van der Waals surface area contributed by atoms with Gasteiger partial charge in [-0.2, -0.15) is 0 Å². The van der Waals surface area contributed by atoms with Crippen LogP contribution in [-0.2, 0) is 16.1 Å². The predicted molar refractivity (Wildman–Crippen MR) is 111 cm³/mol. The van der Waals surface area contributed by atoms with Gasteiger partial charge in [-0.05, 0) is 59.6 Å². The first kappa shape index (κ1) is 22.2. The van der Waals surface area contributed by atoms with Gasteiger partial charge in [-0.15, -0.1) is 0 Å². The Morgan fingerprint density at radius 3 is 2.46 bits per heavy atom. The van der Waals surface area contributed by atoms with Crippen molar-refractivity contribution in [2.24, 2.45) is 5.92 Å². The zero-order valence-electron chi connectivity index (χ0n) is 17.9. The zero-order chi connectivity index (χ0) is 20.8. The minimum absolute atomic E-state index is 0.0294. The number of hydrogen-bond acceptors (Lipinski definition) is 4. The van der Waals surface area contributed by atoms with Crippen LogP contribution in [0.4, 0.5) is 4.79 Å². The maximum Gasteiger partial charge on any atom is 0.407 e. The SMILES string of the molecule is CC(C)(CNC(=O)OC(C)(C)C)NC(=O)C1CCCN(Cc2ccccc2)C1. The molecule has 2 amide bonds. The fourth-order valence-electron chi connectivity index (χ4n) is 3.34. The smallest absolute Gasteiger partial charge is 0.407 e. The lowest BCUT2D eigenvalue weighted by atomic mass is 9.95. The molecule has 156 valence electrons. The van der Waals surface area contributed by atoms with Crippen molar-refractivity contribution < 1.29 is 14.3 Å². The number of nitrogens with one attached hydrogen (secondary N) is 2. The molecule has 6 nitrogen and oxygen atoms in total. The molecular weight excluding hydrogens is 354 g/mol. The van der Waals surface area contributed by atoms with Crippen LogP contribution in [0.15, 0.2) is 30.3 Å². The van der Waals surface area contributed by atoms with Crippen molar-refractivity contribution in [2.45, 2.75) is 65.1 Å². The Morgan fingerprint density at radius 1 is 1.14 bits per heavy atom. The van der Waals surface area contributed by atoms with Crippen molar-refractivity contribution in [3.63, 3.8) is 0 Å². The molecule has 6 heteroatoms. The van der Waals surface area contributed by atoms with Gasteiger partial charge in [-0.3, -0.25) is 9.69 Å². The standard InChI is InChI=1S/C22H35N3O3/c1-21(2,3)28-20(27)23-16-22(4,5)24-19(26)18-12-9-13-25(15-18)14-17-10-7-6-8-11-17/h6-8,10-11,18H,9,12-16H2,1-5H3,(H,23,27)(H,24,26). The molecule has 1 saturated heterocycles. The minimum Gasteiger partial charge on any atom is -0.444 e. The number of hydrogen-bond donors (Lipinski definition) is 2. The number of carbonyl (C=O) groups is 2. The molecule has 2 rings (SSSR count). The lowest BCUT2D eigenvalue weighted by molar-refractivity contribution is -0.128. The van der Waals surface area contributed by atoms with Gasteiger partial charge in [0.15, 0.2) is 0 Å². The zero-order valence-corrected chi connectivity index (χ0v) is 17.9. The summed E-state index contributed by atoms with van der Waals surface area (Å²) < 4.78 is 5.26. The van der Waals surface area contributed by atoms with E-state index in [1.807, 2.05) is 52.8 Å². The Kier molecular flexibility index (Phi) is 7.47. The number of piperidine rings is 1. The van der Waals surface area contributed by atoms with E-state index in [1.54, 1.807) is 0 Å². The predicted octanol–water partition coefficient (Wildman–Crippen LogP) is 3.32. The number of carbonyl (C=O) groups excluding carboxylic acids is 2. The molecule has 0 spiro atoms. The van der Waals surface area contributed by atoms with Crippen LogP contribution in [0, 0.1) is 5.92 Å². The molecule has 1 aliphatic rings. The Hall–Kier alpha value is -2.08. The van der Waals surface area contributed by atoms with Crippen LogP contribution in [0.1, 0.15) is 53.0 Å². The third kappa shape index (κ3) is 7.89.